The van der Waals surface area contributed by atoms with E-state index in [2.05, 4.69) is 0 Å². The smallest absolute Gasteiger partial charge is 0.274 e. The van der Waals surface area contributed by atoms with Crippen molar-refractivity contribution in [1.29, 1.82) is 0 Å². The van der Waals surface area contributed by atoms with Gasteiger partial charge in [0.15, 0.2) is 11.4 Å². The van der Waals surface area contributed by atoms with Gasteiger partial charge in [0.2, 0.25) is 5.43 Å². The van der Waals surface area contributed by atoms with Crippen molar-refractivity contribution >= 4 is 11.8 Å². The van der Waals surface area contributed by atoms with Crippen LogP contribution in [0, 0.1) is 17.6 Å². The number of benzene rings is 2. The Labute approximate surface area is 247 Å². The molecule has 3 aromatic rings. The molecule has 5 atom stereocenters. The van der Waals surface area contributed by atoms with E-state index in [0.717, 1.165) is 11.6 Å². The summed E-state index contributed by atoms with van der Waals surface area (Å²) in [5.74, 6) is -2.99. The lowest BCUT2D eigenvalue weighted by Crippen LogP contribution is -2.54. The summed E-state index contributed by atoms with van der Waals surface area (Å²) in [4.78, 5) is 48.6. The van der Waals surface area contributed by atoms with Gasteiger partial charge in [-0.3, -0.25) is 19.2 Å². The zero-order valence-electron chi connectivity index (χ0n) is 24.3. The molecule has 6 rings (SSSR count). The fourth-order valence-corrected chi connectivity index (χ4v) is 6.80. The van der Waals surface area contributed by atoms with Crippen molar-refractivity contribution in [1.82, 2.24) is 14.5 Å². The van der Waals surface area contributed by atoms with Crippen LogP contribution in [0.4, 0.5) is 8.78 Å². The van der Waals surface area contributed by atoms with Crippen molar-refractivity contribution < 1.29 is 27.9 Å². The lowest BCUT2D eigenvalue weighted by molar-refractivity contribution is -0.229. The molecule has 2 unspecified atom stereocenters. The molecule has 2 fully saturated rings. The van der Waals surface area contributed by atoms with Crippen LogP contribution >= 0.6 is 0 Å². The molecule has 226 valence electrons. The third-order valence-corrected chi connectivity index (χ3v) is 9.48. The second-order valence-electron chi connectivity index (χ2n) is 11.8. The normalized spacial score (nSPS) is 26.8. The Kier molecular flexibility index (Phi) is 7.34. The van der Waals surface area contributed by atoms with Gasteiger partial charge in [-0.2, -0.15) is 5.06 Å². The third-order valence-electron chi connectivity index (χ3n) is 9.48. The third kappa shape index (κ3) is 4.80. The Morgan fingerprint density at radius 2 is 1.86 bits per heavy atom. The average Bonchev–Trinajstić information content (AvgIpc) is 3.13. The molecule has 4 heterocycles. The first-order valence-electron chi connectivity index (χ1n) is 14.5. The van der Waals surface area contributed by atoms with Crippen LogP contribution in [-0.4, -0.2) is 50.6 Å². The number of carbonyl (C=O) groups is 2. The van der Waals surface area contributed by atoms with Gasteiger partial charge < -0.3 is 19.9 Å². The van der Waals surface area contributed by atoms with E-state index in [9.17, 15) is 23.2 Å². The number of nitrogens with two attached hydrogens (primary N) is 1. The molecule has 11 heteroatoms. The molecule has 43 heavy (non-hydrogen) atoms. The SMILES string of the molecule is CC1C(C)[C@]2(CC[C@H](C)N3C[C@H]2n2cc(C(N)=O)c(=O)c(OCc4ccccc4)c2C3=O)ON1Cc1ccc(F)cc1F. The van der Waals surface area contributed by atoms with Crippen molar-refractivity contribution in [2.75, 3.05) is 6.54 Å². The lowest BCUT2D eigenvalue weighted by Gasteiger charge is -2.44. The van der Waals surface area contributed by atoms with Crippen LogP contribution in [0.1, 0.15) is 71.6 Å². The molecule has 0 radical (unpaired) electrons. The highest BCUT2D eigenvalue weighted by molar-refractivity contribution is 5.99. The van der Waals surface area contributed by atoms with Gasteiger partial charge in [-0.05, 0) is 38.3 Å². The Hall–Kier alpha value is -4.09. The van der Waals surface area contributed by atoms with Gasteiger partial charge in [0, 0.05) is 42.4 Å². The molecular formula is C32H34F2N4O5. The number of hydroxylamine groups is 2. The van der Waals surface area contributed by atoms with E-state index < -0.39 is 34.6 Å². The van der Waals surface area contributed by atoms with E-state index >= 15 is 0 Å². The summed E-state index contributed by atoms with van der Waals surface area (Å²) in [5.41, 5.74) is 4.85. The summed E-state index contributed by atoms with van der Waals surface area (Å²) in [5, 5.41) is 1.71. The van der Waals surface area contributed by atoms with Gasteiger partial charge in [-0.25, -0.2) is 8.78 Å². The fraction of sp³-hybridized carbons (Fsp3) is 0.406. The number of halogens is 2. The Balaban J connectivity index is 1.47. The molecule has 2 N–H and O–H groups in total. The fourth-order valence-electron chi connectivity index (χ4n) is 6.80. The van der Waals surface area contributed by atoms with Crippen molar-refractivity contribution in [3.63, 3.8) is 0 Å². The van der Waals surface area contributed by atoms with Crippen LogP contribution in [0.15, 0.2) is 59.5 Å². The molecule has 1 spiro atoms. The lowest BCUT2D eigenvalue weighted by atomic mass is 9.76. The predicted octanol–water partition coefficient (Wildman–Crippen LogP) is 4.19. The molecule has 3 aliphatic rings. The number of carbonyl (C=O) groups excluding carboxylic acids is 2. The first-order valence-corrected chi connectivity index (χ1v) is 14.5. The number of hydrogen-bond acceptors (Lipinski definition) is 6. The zero-order valence-corrected chi connectivity index (χ0v) is 24.3. The topological polar surface area (TPSA) is 107 Å². The van der Waals surface area contributed by atoms with E-state index in [0.29, 0.717) is 12.8 Å². The van der Waals surface area contributed by atoms with Crippen LogP contribution in [0.25, 0.3) is 0 Å². The summed E-state index contributed by atoms with van der Waals surface area (Å²) in [6.45, 7) is 6.34. The van der Waals surface area contributed by atoms with Crippen LogP contribution in [0.2, 0.25) is 0 Å². The maximum absolute atomic E-state index is 14.7. The Morgan fingerprint density at radius 1 is 1.12 bits per heavy atom. The molecule has 2 aromatic carbocycles. The molecule has 2 saturated heterocycles. The van der Waals surface area contributed by atoms with Crippen LogP contribution in [0.3, 0.4) is 0 Å². The second kappa shape index (κ2) is 10.9. The molecule has 2 amide bonds. The molecule has 2 bridgehead atoms. The molecule has 3 aliphatic heterocycles. The molecular weight excluding hydrogens is 558 g/mol. The summed E-state index contributed by atoms with van der Waals surface area (Å²) >= 11 is 0. The van der Waals surface area contributed by atoms with Gasteiger partial charge in [0.05, 0.1) is 12.6 Å². The highest BCUT2D eigenvalue weighted by atomic mass is 19.1. The average molecular weight is 593 g/mol. The summed E-state index contributed by atoms with van der Waals surface area (Å²) < 4.78 is 35.9. The maximum atomic E-state index is 14.7. The van der Waals surface area contributed by atoms with E-state index in [4.69, 9.17) is 15.3 Å². The van der Waals surface area contributed by atoms with Crippen LogP contribution in [0.5, 0.6) is 5.75 Å². The molecule has 1 aromatic heterocycles. The van der Waals surface area contributed by atoms with Crippen LogP contribution < -0.4 is 15.9 Å². The molecule has 9 nitrogen and oxygen atoms in total. The van der Waals surface area contributed by atoms with Crippen molar-refractivity contribution in [2.24, 2.45) is 11.7 Å². The number of hydrogen-bond donors (Lipinski definition) is 1. The van der Waals surface area contributed by atoms with E-state index in [1.54, 1.807) is 14.5 Å². The first-order chi connectivity index (χ1) is 20.5. The predicted molar refractivity (Wildman–Crippen MR) is 153 cm³/mol. The van der Waals surface area contributed by atoms with Crippen molar-refractivity contribution in [3.05, 3.63) is 99.0 Å². The molecule has 0 saturated carbocycles. The van der Waals surface area contributed by atoms with Gasteiger partial charge in [-0.15, -0.1) is 0 Å². The monoisotopic (exact) mass is 592 g/mol. The van der Waals surface area contributed by atoms with E-state index in [1.807, 2.05) is 51.1 Å². The van der Waals surface area contributed by atoms with Gasteiger partial charge >= 0.3 is 0 Å². The Bertz CT molecular complexity index is 1650. The number of primary amides is 1. The number of amides is 2. The van der Waals surface area contributed by atoms with E-state index in [1.165, 1.54) is 18.3 Å². The first kappa shape index (κ1) is 29.0. The number of nitrogens with zero attached hydrogens (tertiary/aromatic N) is 3. The summed E-state index contributed by atoms with van der Waals surface area (Å²) in [6, 6.07) is 11.8. The number of rotatable bonds is 6. The summed E-state index contributed by atoms with van der Waals surface area (Å²) in [7, 11) is 0. The van der Waals surface area contributed by atoms with Crippen molar-refractivity contribution in [2.45, 2.75) is 70.5 Å². The maximum Gasteiger partial charge on any atom is 0.274 e. The minimum atomic E-state index is -0.932. The van der Waals surface area contributed by atoms with Gasteiger partial charge in [0.25, 0.3) is 11.8 Å². The number of ether oxygens (including phenoxy) is 1. The highest BCUT2D eigenvalue weighted by Gasteiger charge is 2.59. The number of fused-ring (bicyclic) bond motifs is 5. The minimum Gasteiger partial charge on any atom is -0.483 e. The standard InChI is InChI=1S/C32H34F2N4O5/c1-18-11-12-32(19(2)20(3)38(43-32)14-22-9-10-23(33)13-25(22)34)26-16-36(18)31(41)27-29(42-17-21-7-5-4-6-8-21)28(39)24(30(35)40)15-37(26)27/h4-10,13,15,18-20,26H,11-12,14,16-17H2,1-3H3,(H2,35,40)/t18-,19?,20?,26+,32-/m0/s1. The summed E-state index contributed by atoms with van der Waals surface area (Å²) in [6.07, 6.45) is 2.52. The largest absolute Gasteiger partial charge is 0.483 e. The quantitative estimate of drug-likeness (QED) is 0.460. The van der Waals surface area contributed by atoms with Crippen molar-refractivity contribution in [3.8, 4) is 5.75 Å². The minimum absolute atomic E-state index is 0.00485. The zero-order chi connectivity index (χ0) is 30.6. The second-order valence-corrected chi connectivity index (χ2v) is 11.8. The Morgan fingerprint density at radius 3 is 2.56 bits per heavy atom. The molecule has 0 aliphatic carbocycles. The number of pyridine rings is 1. The van der Waals surface area contributed by atoms with Crippen LogP contribution in [-0.2, 0) is 18.0 Å². The van der Waals surface area contributed by atoms with E-state index in [-0.39, 0.29) is 66.2 Å². The van der Waals surface area contributed by atoms with Gasteiger partial charge in [-0.1, -0.05) is 43.3 Å². The highest BCUT2D eigenvalue weighted by Crippen LogP contribution is 2.51. The van der Waals surface area contributed by atoms with Gasteiger partial charge in [0.1, 0.15) is 29.4 Å². The number of aromatic nitrogens is 1.